The van der Waals surface area contributed by atoms with Gasteiger partial charge in [-0.15, -0.1) is 0 Å². The van der Waals surface area contributed by atoms with Crippen molar-refractivity contribution in [2.24, 2.45) is 14.1 Å². The van der Waals surface area contributed by atoms with E-state index < -0.39 is 6.10 Å². The monoisotopic (exact) mass is 431 g/mol. The van der Waals surface area contributed by atoms with Gasteiger partial charge in [-0.25, -0.2) is 4.79 Å². The van der Waals surface area contributed by atoms with Gasteiger partial charge in [-0.1, -0.05) is 48.5 Å². The lowest BCUT2D eigenvalue weighted by molar-refractivity contribution is -0.0151. The van der Waals surface area contributed by atoms with Crippen LogP contribution in [0.15, 0.2) is 64.2 Å². The molecule has 0 amide bonds. The van der Waals surface area contributed by atoms with Crippen molar-refractivity contribution in [1.82, 2.24) is 13.7 Å². The number of methoxy groups -OCH3 is 1. The first-order valence-electron chi connectivity index (χ1n) is 10.6. The zero-order chi connectivity index (χ0) is 22.6. The Labute approximate surface area is 185 Å². The Hall–Kier alpha value is -3.58. The Kier molecular flexibility index (Phi) is 4.78. The minimum atomic E-state index is -0.493. The van der Waals surface area contributed by atoms with Gasteiger partial charge in [0.25, 0.3) is 5.56 Å². The van der Waals surface area contributed by atoms with Gasteiger partial charge in [0.2, 0.25) is 0 Å². The van der Waals surface area contributed by atoms with Gasteiger partial charge in [0.05, 0.1) is 35.5 Å². The quantitative estimate of drug-likeness (QED) is 0.500. The Morgan fingerprint density at radius 1 is 0.969 bits per heavy atom. The molecule has 4 aromatic rings. The van der Waals surface area contributed by atoms with Crippen LogP contribution in [0.1, 0.15) is 24.3 Å². The molecule has 1 aliphatic rings. The summed E-state index contributed by atoms with van der Waals surface area (Å²) >= 11 is 0. The molecule has 32 heavy (non-hydrogen) atoms. The second-order valence-corrected chi connectivity index (χ2v) is 8.21. The van der Waals surface area contributed by atoms with Crippen molar-refractivity contribution < 1.29 is 9.47 Å². The third-order valence-electron chi connectivity index (χ3n) is 6.23. The van der Waals surface area contributed by atoms with Crippen molar-refractivity contribution in [2.75, 3.05) is 7.11 Å². The molecule has 164 valence electrons. The molecule has 7 nitrogen and oxygen atoms in total. The zero-order valence-electron chi connectivity index (χ0n) is 18.5. The summed E-state index contributed by atoms with van der Waals surface area (Å²) in [5.41, 5.74) is 3.30. The highest BCUT2D eigenvalue weighted by molar-refractivity contribution is 5.96. The van der Waals surface area contributed by atoms with Gasteiger partial charge in [-0.05, 0) is 18.6 Å². The fourth-order valence-corrected chi connectivity index (χ4v) is 4.79. The molecular formula is C25H25N3O4. The first-order chi connectivity index (χ1) is 15.4. The van der Waals surface area contributed by atoms with E-state index in [1.165, 1.54) is 11.6 Å². The Morgan fingerprint density at radius 3 is 2.38 bits per heavy atom. The molecule has 2 aromatic heterocycles. The molecule has 0 saturated heterocycles. The number of para-hydroxylation sites is 1. The van der Waals surface area contributed by atoms with Gasteiger partial charge in [0.1, 0.15) is 11.9 Å². The number of aromatic nitrogens is 3. The van der Waals surface area contributed by atoms with Crippen LogP contribution in [-0.2, 0) is 25.4 Å². The highest BCUT2D eigenvalue weighted by Gasteiger charge is 2.36. The molecule has 0 radical (unpaired) electrons. The Balaban J connectivity index is 1.97. The fourth-order valence-electron chi connectivity index (χ4n) is 4.79. The van der Waals surface area contributed by atoms with Crippen LogP contribution in [0.3, 0.4) is 0 Å². The second-order valence-electron chi connectivity index (χ2n) is 8.21. The first-order valence-corrected chi connectivity index (χ1v) is 10.6. The van der Waals surface area contributed by atoms with Gasteiger partial charge < -0.3 is 14.0 Å². The van der Waals surface area contributed by atoms with Crippen LogP contribution < -0.4 is 16.0 Å². The van der Waals surface area contributed by atoms with Gasteiger partial charge >= 0.3 is 5.69 Å². The van der Waals surface area contributed by atoms with Crippen molar-refractivity contribution in [2.45, 2.75) is 25.7 Å². The van der Waals surface area contributed by atoms with Crippen molar-refractivity contribution >= 4 is 10.9 Å². The van der Waals surface area contributed by atoms with E-state index in [2.05, 4.69) is 4.57 Å². The van der Waals surface area contributed by atoms with Gasteiger partial charge in [0.15, 0.2) is 0 Å². The lowest BCUT2D eigenvalue weighted by Crippen LogP contribution is -2.37. The Bertz CT molecular complexity index is 1450. The van der Waals surface area contributed by atoms with E-state index >= 15 is 0 Å². The van der Waals surface area contributed by atoms with Gasteiger partial charge in [0, 0.05) is 26.2 Å². The van der Waals surface area contributed by atoms with Crippen LogP contribution >= 0.6 is 0 Å². The van der Waals surface area contributed by atoms with Crippen molar-refractivity contribution in [3.05, 3.63) is 86.7 Å². The van der Waals surface area contributed by atoms with E-state index in [1.807, 2.05) is 61.5 Å². The van der Waals surface area contributed by atoms with Gasteiger partial charge in [-0.3, -0.25) is 13.9 Å². The minimum absolute atomic E-state index is 0.109. The maximum Gasteiger partial charge on any atom is 0.331 e. The SMILES string of the molecule is COc1ccccc1[C@@H]1O[C@@H](C)Cn2c(-c3ccccc3)c3c(=O)n(C)c(=O)n(C)c3c21. The van der Waals surface area contributed by atoms with E-state index in [0.29, 0.717) is 23.2 Å². The summed E-state index contributed by atoms with van der Waals surface area (Å²) in [5.74, 6) is 0.697. The largest absolute Gasteiger partial charge is 0.496 e. The molecular weight excluding hydrogens is 406 g/mol. The van der Waals surface area contributed by atoms with Crippen LogP contribution in [0.2, 0.25) is 0 Å². The van der Waals surface area contributed by atoms with Gasteiger partial charge in [-0.2, -0.15) is 0 Å². The third kappa shape index (κ3) is 2.85. The average molecular weight is 431 g/mol. The number of hydrogen-bond donors (Lipinski definition) is 0. The molecule has 0 bridgehead atoms. The predicted molar refractivity (Wildman–Crippen MR) is 123 cm³/mol. The number of hydrogen-bond acceptors (Lipinski definition) is 4. The molecule has 0 N–H and O–H groups in total. The van der Waals surface area contributed by atoms with Crippen LogP contribution in [0.5, 0.6) is 5.75 Å². The molecule has 3 heterocycles. The summed E-state index contributed by atoms with van der Waals surface area (Å²) < 4.78 is 16.9. The molecule has 0 fully saturated rings. The predicted octanol–water partition coefficient (Wildman–Crippen LogP) is 3.22. The number of fused-ring (bicyclic) bond motifs is 3. The molecule has 2 atom stereocenters. The zero-order valence-corrected chi connectivity index (χ0v) is 18.5. The van der Waals surface area contributed by atoms with E-state index in [9.17, 15) is 9.59 Å². The maximum absolute atomic E-state index is 13.4. The Morgan fingerprint density at radius 2 is 1.66 bits per heavy atom. The van der Waals surface area contributed by atoms with Crippen LogP contribution in [0.4, 0.5) is 0 Å². The van der Waals surface area contributed by atoms with Crippen LogP contribution in [0, 0.1) is 0 Å². The number of benzene rings is 2. The van der Waals surface area contributed by atoms with E-state index in [1.54, 1.807) is 18.7 Å². The maximum atomic E-state index is 13.4. The number of nitrogens with zero attached hydrogens (tertiary/aromatic N) is 3. The summed E-state index contributed by atoms with van der Waals surface area (Å²) in [4.78, 5) is 26.3. The van der Waals surface area contributed by atoms with Crippen molar-refractivity contribution in [3.63, 3.8) is 0 Å². The standard InChI is InChI=1S/C25H25N3O4/c1-15-14-28-20(16-10-6-5-7-11-16)19-21(26(2)25(30)27(3)24(19)29)22(28)23(32-15)17-12-8-9-13-18(17)31-4/h5-13,15,23H,14H2,1-4H3/t15-,23-/m0/s1. The second kappa shape index (κ2) is 7.53. The van der Waals surface area contributed by atoms with Crippen molar-refractivity contribution in [1.29, 1.82) is 0 Å². The smallest absolute Gasteiger partial charge is 0.331 e. The molecule has 2 aromatic carbocycles. The lowest BCUT2D eigenvalue weighted by Gasteiger charge is -2.32. The number of ether oxygens (including phenoxy) is 2. The summed E-state index contributed by atoms with van der Waals surface area (Å²) in [6, 6.07) is 17.5. The summed E-state index contributed by atoms with van der Waals surface area (Å²) in [7, 11) is 4.85. The lowest BCUT2D eigenvalue weighted by atomic mass is 10.0. The molecule has 0 saturated carbocycles. The molecule has 5 rings (SSSR count). The average Bonchev–Trinajstić information content (AvgIpc) is 3.16. The third-order valence-corrected chi connectivity index (χ3v) is 6.23. The number of rotatable bonds is 3. The minimum Gasteiger partial charge on any atom is -0.496 e. The fraction of sp³-hybridized carbons (Fsp3) is 0.280. The molecule has 1 aliphatic heterocycles. The van der Waals surface area contributed by atoms with Crippen molar-refractivity contribution in [3.8, 4) is 17.0 Å². The molecule has 0 aliphatic carbocycles. The highest BCUT2D eigenvalue weighted by Crippen LogP contribution is 2.43. The topological polar surface area (TPSA) is 67.4 Å². The first kappa shape index (κ1) is 20.3. The van der Waals surface area contributed by atoms with E-state index in [-0.39, 0.29) is 17.4 Å². The van der Waals surface area contributed by atoms with Crippen LogP contribution in [0.25, 0.3) is 22.2 Å². The highest BCUT2D eigenvalue weighted by atomic mass is 16.5. The summed E-state index contributed by atoms with van der Waals surface area (Å²) in [6.07, 6.45) is -0.602. The van der Waals surface area contributed by atoms with E-state index in [4.69, 9.17) is 9.47 Å². The van der Waals surface area contributed by atoms with E-state index in [0.717, 1.165) is 22.5 Å². The molecule has 0 spiro atoms. The normalized spacial score (nSPS) is 18.0. The number of aryl methyl sites for hydroxylation is 1. The molecule has 0 unspecified atom stereocenters. The molecule has 7 heteroatoms. The summed E-state index contributed by atoms with van der Waals surface area (Å²) in [5, 5.41) is 0.522. The van der Waals surface area contributed by atoms with Crippen LogP contribution in [-0.4, -0.2) is 26.9 Å². The summed E-state index contributed by atoms with van der Waals surface area (Å²) in [6.45, 7) is 2.58.